The molecular formula is C21H18N4O6. The molecule has 3 heterocycles. The van der Waals surface area contributed by atoms with Gasteiger partial charge in [-0.2, -0.15) is 0 Å². The van der Waals surface area contributed by atoms with Crippen LogP contribution in [0.15, 0.2) is 48.5 Å². The fraction of sp³-hybridized carbons (Fsp3) is 0.286. The van der Waals surface area contributed by atoms with Crippen LogP contribution in [0.25, 0.3) is 0 Å². The summed E-state index contributed by atoms with van der Waals surface area (Å²) in [4.78, 5) is 53.4. The van der Waals surface area contributed by atoms with Gasteiger partial charge in [0.15, 0.2) is 5.41 Å². The van der Waals surface area contributed by atoms with E-state index in [9.17, 15) is 24.5 Å². The molecule has 2 fully saturated rings. The van der Waals surface area contributed by atoms with Crippen molar-refractivity contribution in [3.05, 3.63) is 64.2 Å². The van der Waals surface area contributed by atoms with E-state index < -0.39 is 34.2 Å². The van der Waals surface area contributed by atoms with Gasteiger partial charge in [-0.15, -0.1) is 0 Å². The molecule has 2 saturated heterocycles. The lowest BCUT2D eigenvalue weighted by Gasteiger charge is -2.53. The summed E-state index contributed by atoms with van der Waals surface area (Å²) >= 11 is 0. The van der Waals surface area contributed by atoms with Crippen LogP contribution in [0.4, 0.5) is 21.9 Å². The lowest BCUT2D eigenvalue weighted by molar-refractivity contribution is -0.384. The number of rotatable bonds is 2. The lowest BCUT2D eigenvalue weighted by Crippen LogP contribution is -2.74. The molecule has 3 aliphatic heterocycles. The number of fused-ring (bicyclic) bond motifs is 4. The minimum Gasteiger partial charge on any atom is -0.377 e. The van der Waals surface area contributed by atoms with E-state index in [1.807, 2.05) is 4.90 Å². The zero-order valence-corrected chi connectivity index (χ0v) is 16.3. The van der Waals surface area contributed by atoms with Crippen LogP contribution in [0.5, 0.6) is 0 Å². The van der Waals surface area contributed by atoms with E-state index in [0.29, 0.717) is 24.4 Å². The number of anilines is 2. The van der Waals surface area contributed by atoms with Gasteiger partial charge in [-0.25, -0.2) is 9.69 Å². The Morgan fingerprint density at radius 3 is 2.65 bits per heavy atom. The van der Waals surface area contributed by atoms with Crippen LogP contribution in [0.3, 0.4) is 0 Å². The third-order valence-corrected chi connectivity index (χ3v) is 6.18. The van der Waals surface area contributed by atoms with E-state index in [-0.39, 0.29) is 18.7 Å². The first kappa shape index (κ1) is 19.2. The molecule has 3 aliphatic rings. The molecule has 0 aromatic heterocycles. The summed E-state index contributed by atoms with van der Waals surface area (Å²) in [5.74, 6) is -1.38. The molecular weight excluding hydrogens is 404 g/mol. The van der Waals surface area contributed by atoms with Crippen molar-refractivity contribution in [3.8, 4) is 0 Å². The number of ether oxygens (including phenoxy) is 1. The normalized spacial score (nSPS) is 25.2. The molecule has 4 amide bonds. The monoisotopic (exact) mass is 422 g/mol. The molecule has 0 saturated carbocycles. The van der Waals surface area contributed by atoms with Gasteiger partial charge in [-0.3, -0.25) is 25.0 Å². The van der Waals surface area contributed by atoms with Crippen molar-refractivity contribution in [1.82, 2.24) is 5.32 Å². The van der Waals surface area contributed by atoms with Gasteiger partial charge in [-0.05, 0) is 23.8 Å². The maximum Gasteiger partial charge on any atom is 0.335 e. The number of urea groups is 1. The molecule has 31 heavy (non-hydrogen) atoms. The quantitative estimate of drug-likeness (QED) is 0.443. The first-order chi connectivity index (χ1) is 14.9. The first-order valence-electron chi connectivity index (χ1n) is 9.80. The number of nitrogens with one attached hydrogen (secondary N) is 1. The van der Waals surface area contributed by atoms with E-state index >= 15 is 0 Å². The van der Waals surface area contributed by atoms with E-state index in [2.05, 4.69) is 5.32 Å². The standard InChI is InChI=1S/C21H18N4O6/c26-18-21(19(27)24(20(28)22-18)14-4-2-1-3-5-14)11-13-10-15(25(29)30)6-7-16(13)23-8-9-31-12-17(21)23/h1-7,10,17H,8-9,11-12H2,(H,22,26,28)/t17-,21-/m0/s1. The minimum absolute atomic E-state index is 0.0736. The highest BCUT2D eigenvalue weighted by molar-refractivity contribution is 6.30. The second-order valence-corrected chi connectivity index (χ2v) is 7.74. The topological polar surface area (TPSA) is 122 Å². The number of imide groups is 2. The van der Waals surface area contributed by atoms with E-state index in [4.69, 9.17) is 4.74 Å². The summed E-state index contributed by atoms with van der Waals surface area (Å²) in [7, 11) is 0. The Kier molecular flexibility index (Phi) is 4.26. The number of morpholine rings is 1. The van der Waals surface area contributed by atoms with Gasteiger partial charge in [-0.1, -0.05) is 18.2 Å². The van der Waals surface area contributed by atoms with E-state index in [1.54, 1.807) is 36.4 Å². The molecule has 10 heteroatoms. The van der Waals surface area contributed by atoms with Crippen LogP contribution in [0.1, 0.15) is 5.56 Å². The Morgan fingerprint density at radius 2 is 1.90 bits per heavy atom. The lowest BCUT2D eigenvalue weighted by atomic mass is 9.68. The van der Waals surface area contributed by atoms with Crippen LogP contribution in [0.2, 0.25) is 0 Å². The fourth-order valence-corrected chi connectivity index (χ4v) is 4.74. The number of carbonyl (C=O) groups excluding carboxylic acids is 3. The van der Waals surface area contributed by atoms with Gasteiger partial charge in [0.1, 0.15) is 0 Å². The molecule has 2 aromatic rings. The molecule has 0 radical (unpaired) electrons. The average molecular weight is 422 g/mol. The van der Waals surface area contributed by atoms with E-state index in [1.165, 1.54) is 12.1 Å². The number of nitro benzene ring substituents is 1. The number of barbiturate groups is 1. The molecule has 2 atom stereocenters. The van der Waals surface area contributed by atoms with Crippen LogP contribution in [0, 0.1) is 15.5 Å². The summed E-state index contributed by atoms with van der Waals surface area (Å²) in [5.41, 5.74) is -0.205. The van der Waals surface area contributed by atoms with Crippen molar-refractivity contribution in [1.29, 1.82) is 0 Å². The van der Waals surface area contributed by atoms with Crippen molar-refractivity contribution in [2.75, 3.05) is 29.6 Å². The van der Waals surface area contributed by atoms with Gasteiger partial charge in [0.25, 0.3) is 11.6 Å². The number of amides is 4. The van der Waals surface area contributed by atoms with Gasteiger partial charge in [0.2, 0.25) is 5.91 Å². The highest BCUT2D eigenvalue weighted by Crippen LogP contribution is 2.46. The number of nitro groups is 1. The molecule has 2 aromatic carbocycles. The van der Waals surface area contributed by atoms with Gasteiger partial charge in [0.05, 0.1) is 29.9 Å². The molecule has 0 unspecified atom stereocenters. The maximum atomic E-state index is 13.8. The summed E-state index contributed by atoms with van der Waals surface area (Å²) in [6.07, 6.45) is -0.0736. The number of para-hydroxylation sites is 1. The fourth-order valence-electron chi connectivity index (χ4n) is 4.74. The predicted molar refractivity (Wildman–Crippen MR) is 109 cm³/mol. The van der Waals surface area contributed by atoms with Crippen molar-refractivity contribution < 1.29 is 24.0 Å². The van der Waals surface area contributed by atoms with Crippen LogP contribution >= 0.6 is 0 Å². The highest BCUT2D eigenvalue weighted by atomic mass is 16.6. The molecule has 158 valence electrons. The molecule has 5 rings (SSSR count). The summed E-state index contributed by atoms with van der Waals surface area (Å²) in [6, 6.07) is 11.3. The van der Waals surface area contributed by atoms with Crippen molar-refractivity contribution in [2.24, 2.45) is 5.41 Å². The van der Waals surface area contributed by atoms with Crippen molar-refractivity contribution >= 4 is 34.9 Å². The zero-order valence-electron chi connectivity index (χ0n) is 16.3. The number of nitrogens with zero attached hydrogens (tertiary/aromatic N) is 3. The molecule has 1 spiro atoms. The summed E-state index contributed by atoms with van der Waals surface area (Å²) in [5, 5.41) is 13.6. The molecule has 10 nitrogen and oxygen atoms in total. The minimum atomic E-state index is -1.66. The maximum absolute atomic E-state index is 13.8. The summed E-state index contributed by atoms with van der Waals surface area (Å²) < 4.78 is 5.62. The number of non-ortho nitro benzene ring substituents is 1. The van der Waals surface area contributed by atoms with Crippen molar-refractivity contribution in [2.45, 2.75) is 12.5 Å². The Labute approximate surface area is 176 Å². The van der Waals surface area contributed by atoms with Gasteiger partial charge < -0.3 is 9.64 Å². The Balaban J connectivity index is 1.68. The zero-order chi connectivity index (χ0) is 21.8. The molecule has 0 bridgehead atoms. The number of hydrogen-bond donors (Lipinski definition) is 1. The second kappa shape index (κ2) is 6.88. The highest BCUT2D eigenvalue weighted by Gasteiger charge is 2.63. The first-order valence-corrected chi connectivity index (χ1v) is 9.80. The predicted octanol–water partition coefficient (Wildman–Crippen LogP) is 1.63. The van der Waals surface area contributed by atoms with Crippen LogP contribution < -0.4 is 15.1 Å². The van der Waals surface area contributed by atoms with E-state index in [0.717, 1.165) is 10.6 Å². The molecule has 0 aliphatic carbocycles. The van der Waals surface area contributed by atoms with Gasteiger partial charge in [0, 0.05) is 30.8 Å². The number of hydrogen-bond acceptors (Lipinski definition) is 7. The smallest absolute Gasteiger partial charge is 0.335 e. The van der Waals surface area contributed by atoms with Crippen molar-refractivity contribution in [3.63, 3.8) is 0 Å². The van der Waals surface area contributed by atoms with Crippen LogP contribution in [-0.4, -0.2) is 48.6 Å². The largest absolute Gasteiger partial charge is 0.377 e. The SMILES string of the molecule is O=C1NC(=O)[C@@]2(Cc3cc([N+](=O)[O-])ccc3N3CCOC[C@H]32)C(=O)N1c1ccccc1. The Morgan fingerprint density at radius 1 is 1.13 bits per heavy atom. The second-order valence-electron chi connectivity index (χ2n) is 7.74. The Bertz CT molecular complexity index is 1120. The Hall–Kier alpha value is -3.79. The number of benzene rings is 2. The number of carbonyl (C=O) groups is 3. The average Bonchev–Trinajstić information content (AvgIpc) is 2.78. The third kappa shape index (κ3) is 2.72. The third-order valence-electron chi connectivity index (χ3n) is 6.18. The molecule has 1 N–H and O–H groups in total. The van der Waals surface area contributed by atoms with Gasteiger partial charge >= 0.3 is 6.03 Å². The van der Waals surface area contributed by atoms with Crippen LogP contribution in [-0.2, 0) is 20.7 Å². The summed E-state index contributed by atoms with van der Waals surface area (Å²) in [6.45, 7) is 0.920.